The molecule has 2 nitrogen and oxygen atoms in total. The van der Waals surface area contributed by atoms with Crippen molar-refractivity contribution in [1.29, 1.82) is 0 Å². The van der Waals surface area contributed by atoms with E-state index < -0.39 is 0 Å². The van der Waals surface area contributed by atoms with Crippen molar-refractivity contribution in [2.24, 2.45) is 4.99 Å². The van der Waals surface area contributed by atoms with Gasteiger partial charge in [0.05, 0.1) is 6.34 Å². The minimum absolute atomic E-state index is 0. The Morgan fingerprint density at radius 3 is 2.67 bits per heavy atom. The van der Waals surface area contributed by atoms with Crippen LogP contribution in [0.15, 0.2) is 58.0 Å². The zero-order chi connectivity index (χ0) is 13.5. The molecule has 21 heavy (non-hydrogen) atoms. The molecule has 3 aromatic rings. The summed E-state index contributed by atoms with van der Waals surface area (Å²) < 4.78 is 2.46. The van der Waals surface area contributed by atoms with E-state index in [1.54, 1.807) is 17.7 Å². The lowest BCUT2D eigenvalue weighted by atomic mass is 10.0. The quantitative estimate of drug-likeness (QED) is 0.582. The fourth-order valence-corrected chi connectivity index (χ4v) is 4.65. The maximum Gasteiger partial charge on any atom is 0.114 e. The molecular weight excluding hydrogens is 368 g/mol. The highest BCUT2D eigenvalue weighted by Gasteiger charge is 2.24. The Labute approximate surface area is 141 Å². The molecule has 0 amide bonds. The van der Waals surface area contributed by atoms with Gasteiger partial charge >= 0.3 is 0 Å². The monoisotopic (exact) mass is 378 g/mol. The molecule has 1 aliphatic rings. The van der Waals surface area contributed by atoms with E-state index in [4.69, 9.17) is 0 Å². The van der Waals surface area contributed by atoms with Crippen molar-refractivity contribution in [3.63, 3.8) is 0 Å². The maximum absolute atomic E-state index is 4.64. The van der Waals surface area contributed by atoms with E-state index in [2.05, 4.69) is 68.7 Å². The van der Waals surface area contributed by atoms with Gasteiger partial charge in [-0.05, 0) is 28.1 Å². The first-order valence-corrected chi connectivity index (χ1v) is 7.99. The van der Waals surface area contributed by atoms with Crippen LogP contribution in [0.25, 0.3) is 10.1 Å². The van der Waals surface area contributed by atoms with Crippen LogP contribution in [-0.4, -0.2) is 6.34 Å². The van der Waals surface area contributed by atoms with E-state index in [-0.39, 0.29) is 18.4 Å². The summed E-state index contributed by atoms with van der Waals surface area (Å²) in [6.07, 6.45) is 1.80. The van der Waals surface area contributed by atoms with E-state index in [9.17, 15) is 0 Å². The highest BCUT2D eigenvalue weighted by molar-refractivity contribution is 9.10. The Bertz CT molecular complexity index is 828. The zero-order valence-corrected chi connectivity index (χ0v) is 14.1. The Morgan fingerprint density at radius 2 is 1.81 bits per heavy atom. The van der Waals surface area contributed by atoms with Gasteiger partial charge in [0, 0.05) is 30.7 Å². The second-order valence-electron chi connectivity index (χ2n) is 4.69. The molecule has 0 saturated heterocycles. The normalized spacial score (nSPS) is 16.1. The lowest BCUT2D eigenvalue weighted by Gasteiger charge is -2.20. The van der Waals surface area contributed by atoms with Gasteiger partial charge in [-0.3, -0.25) is 4.99 Å². The van der Waals surface area contributed by atoms with Gasteiger partial charge < -0.3 is 5.32 Å². The minimum atomic E-state index is 0. The van der Waals surface area contributed by atoms with Crippen molar-refractivity contribution >= 4 is 61.8 Å². The van der Waals surface area contributed by atoms with Gasteiger partial charge in [0.2, 0.25) is 0 Å². The number of hydrogen-bond donors (Lipinski definition) is 1. The highest BCUT2D eigenvalue weighted by atomic mass is 79.9. The second-order valence-corrected chi connectivity index (χ2v) is 6.57. The van der Waals surface area contributed by atoms with Crippen LogP contribution in [0.3, 0.4) is 0 Å². The molecule has 0 radical (unpaired) electrons. The summed E-state index contributed by atoms with van der Waals surface area (Å²) >= 11 is 5.56. The van der Waals surface area contributed by atoms with Crippen LogP contribution in [-0.2, 0) is 0 Å². The van der Waals surface area contributed by atoms with Crippen molar-refractivity contribution in [3.05, 3.63) is 63.4 Å². The molecule has 0 spiro atoms. The van der Waals surface area contributed by atoms with Crippen LogP contribution in [0.4, 0.5) is 5.69 Å². The number of hydrogen-bond acceptors (Lipinski definition) is 3. The summed E-state index contributed by atoms with van der Waals surface area (Å²) in [6, 6.07) is 16.9. The average Bonchev–Trinajstić information content (AvgIpc) is 2.84. The second kappa shape index (κ2) is 5.79. The molecule has 0 saturated carbocycles. The molecule has 1 atom stereocenters. The van der Waals surface area contributed by atoms with Crippen LogP contribution < -0.4 is 5.32 Å². The Balaban J connectivity index is 0.00000132. The summed E-state index contributed by atoms with van der Waals surface area (Å²) in [6.45, 7) is 0. The Hall–Kier alpha value is -1.36. The number of para-hydroxylation sites is 1. The summed E-state index contributed by atoms with van der Waals surface area (Å²) in [5.74, 6) is 0. The summed E-state index contributed by atoms with van der Waals surface area (Å²) in [7, 11) is 0. The SMILES string of the molecule is Brc1c(C2N=CNc3ccccc32)sc2ccccc12.Cl. The number of anilines is 1. The number of halogens is 2. The van der Waals surface area contributed by atoms with Crippen LogP contribution in [0.1, 0.15) is 16.5 Å². The fourth-order valence-electron chi connectivity index (χ4n) is 2.55. The molecule has 1 aliphatic heterocycles. The molecule has 106 valence electrons. The number of rotatable bonds is 1. The molecule has 2 aromatic carbocycles. The number of nitrogens with one attached hydrogen (secondary N) is 1. The summed E-state index contributed by atoms with van der Waals surface area (Å²) in [5, 5.41) is 4.48. The topological polar surface area (TPSA) is 24.4 Å². The molecule has 0 bridgehead atoms. The Morgan fingerprint density at radius 1 is 1.05 bits per heavy atom. The molecule has 2 heterocycles. The van der Waals surface area contributed by atoms with Crippen molar-refractivity contribution in [1.82, 2.24) is 0 Å². The van der Waals surface area contributed by atoms with E-state index in [1.807, 2.05) is 6.07 Å². The largest absolute Gasteiger partial charge is 0.346 e. The molecular formula is C16H12BrClN2S. The minimum Gasteiger partial charge on any atom is -0.346 e. The van der Waals surface area contributed by atoms with Gasteiger partial charge in [0.25, 0.3) is 0 Å². The lowest BCUT2D eigenvalue weighted by molar-refractivity contribution is 0.888. The van der Waals surface area contributed by atoms with E-state index >= 15 is 0 Å². The lowest BCUT2D eigenvalue weighted by Crippen LogP contribution is -2.10. The van der Waals surface area contributed by atoms with Gasteiger partial charge in [-0.2, -0.15) is 0 Å². The third kappa shape index (κ3) is 2.37. The predicted octanol–water partition coefficient (Wildman–Crippen LogP) is 5.63. The molecule has 4 rings (SSSR count). The number of thiophene rings is 1. The number of benzene rings is 2. The molecule has 0 fully saturated rings. The standard InChI is InChI=1S/C16H11BrN2S.ClH/c17-14-11-6-2-4-8-13(11)20-16(14)15-10-5-1-3-7-12(10)18-9-19-15;/h1-9,15H,(H,18,19);1H. The van der Waals surface area contributed by atoms with Gasteiger partial charge in [-0.1, -0.05) is 36.4 Å². The number of fused-ring (bicyclic) bond motifs is 2. The smallest absolute Gasteiger partial charge is 0.114 e. The van der Waals surface area contributed by atoms with Crippen LogP contribution >= 0.6 is 39.7 Å². The summed E-state index contributed by atoms with van der Waals surface area (Å²) in [5.41, 5.74) is 2.36. The molecule has 1 unspecified atom stereocenters. The third-order valence-electron chi connectivity index (χ3n) is 3.51. The zero-order valence-electron chi connectivity index (χ0n) is 10.9. The number of aliphatic imine (C=N–C) groups is 1. The van der Waals surface area contributed by atoms with Crippen molar-refractivity contribution in [2.75, 3.05) is 5.32 Å². The van der Waals surface area contributed by atoms with Crippen molar-refractivity contribution < 1.29 is 0 Å². The van der Waals surface area contributed by atoms with Crippen molar-refractivity contribution in [3.8, 4) is 0 Å². The predicted molar refractivity (Wildman–Crippen MR) is 97.2 cm³/mol. The van der Waals surface area contributed by atoms with E-state index in [1.165, 1.54) is 20.5 Å². The van der Waals surface area contributed by atoms with E-state index in [0.717, 1.165) is 10.2 Å². The van der Waals surface area contributed by atoms with Gasteiger partial charge in [-0.15, -0.1) is 23.7 Å². The first-order valence-electron chi connectivity index (χ1n) is 6.38. The fraction of sp³-hybridized carbons (Fsp3) is 0.0625. The number of nitrogens with zero attached hydrogens (tertiary/aromatic N) is 1. The Kier molecular flexibility index (Phi) is 4.02. The maximum atomic E-state index is 4.64. The van der Waals surface area contributed by atoms with Crippen LogP contribution in [0.5, 0.6) is 0 Å². The first kappa shape index (κ1) is 14.6. The van der Waals surface area contributed by atoms with Crippen molar-refractivity contribution in [2.45, 2.75) is 6.04 Å². The molecule has 1 N–H and O–H groups in total. The van der Waals surface area contributed by atoms with E-state index in [0.29, 0.717) is 0 Å². The average molecular weight is 380 g/mol. The molecule has 5 heteroatoms. The van der Waals surface area contributed by atoms with Crippen LogP contribution in [0, 0.1) is 0 Å². The third-order valence-corrected chi connectivity index (χ3v) is 5.85. The first-order chi connectivity index (χ1) is 9.84. The molecule has 1 aromatic heterocycles. The summed E-state index contributed by atoms with van der Waals surface area (Å²) in [4.78, 5) is 5.90. The highest BCUT2D eigenvalue weighted by Crippen LogP contribution is 2.44. The van der Waals surface area contributed by atoms with Gasteiger partial charge in [-0.25, -0.2) is 0 Å². The molecule has 0 aliphatic carbocycles. The van der Waals surface area contributed by atoms with Gasteiger partial charge in [0.1, 0.15) is 6.04 Å². The van der Waals surface area contributed by atoms with Gasteiger partial charge in [0.15, 0.2) is 0 Å². The van der Waals surface area contributed by atoms with Crippen LogP contribution in [0.2, 0.25) is 0 Å².